The van der Waals surface area contributed by atoms with Gasteiger partial charge in [-0.15, -0.1) is 0 Å². The second-order valence-corrected chi connectivity index (χ2v) is 5.63. The monoisotopic (exact) mass is 314 g/mol. The molecule has 1 amide bonds. The zero-order valence-corrected chi connectivity index (χ0v) is 12.8. The Morgan fingerprint density at radius 1 is 1.26 bits per heavy atom. The molecule has 7 nitrogen and oxygen atoms in total. The van der Waals surface area contributed by atoms with Gasteiger partial charge in [-0.2, -0.15) is 0 Å². The molecule has 7 heteroatoms. The summed E-state index contributed by atoms with van der Waals surface area (Å²) in [5.41, 5.74) is -0.169. The average molecular weight is 314 g/mol. The van der Waals surface area contributed by atoms with Crippen LogP contribution in [0, 0.1) is 0 Å². The number of nitrogens with zero attached hydrogens (tertiary/aromatic N) is 2. The fraction of sp³-hybridized carbons (Fsp3) is 0.312. The number of nitrogens with one attached hydrogen (secondary N) is 2. The molecule has 2 aromatic rings. The molecule has 1 fully saturated rings. The van der Waals surface area contributed by atoms with Crippen molar-refractivity contribution in [3.63, 3.8) is 0 Å². The van der Waals surface area contributed by atoms with Crippen LogP contribution in [0.25, 0.3) is 0 Å². The summed E-state index contributed by atoms with van der Waals surface area (Å²) in [6.45, 7) is 1.23. The summed E-state index contributed by atoms with van der Waals surface area (Å²) in [4.78, 5) is 40.1. The molecule has 120 valence electrons. The fourth-order valence-corrected chi connectivity index (χ4v) is 2.67. The highest BCUT2D eigenvalue weighted by atomic mass is 16.2. The van der Waals surface area contributed by atoms with Crippen LogP contribution in [-0.2, 0) is 7.05 Å². The molecule has 0 bridgehead atoms. The third kappa shape index (κ3) is 3.18. The molecule has 1 aromatic heterocycles. The molecule has 0 spiro atoms. The Morgan fingerprint density at radius 3 is 2.70 bits per heavy atom. The molecule has 1 aliphatic heterocycles. The normalized spacial score (nSPS) is 17.3. The lowest BCUT2D eigenvalue weighted by molar-refractivity contribution is 0.0940. The first-order chi connectivity index (χ1) is 11.0. The molecule has 2 heterocycles. The molecule has 1 aromatic carbocycles. The average Bonchev–Trinajstić information content (AvgIpc) is 3.01. The number of amides is 1. The van der Waals surface area contributed by atoms with E-state index in [0.717, 1.165) is 11.0 Å². The van der Waals surface area contributed by atoms with Crippen LogP contribution in [0.15, 0.2) is 46.0 Å². The first-order valence-corrected chi connectivity index (χ1v) is 7.46. The van der Waals surface area contributed by atoms with Crippen molar-refractivity contribution in [3.8, 4) is 0 Å². The van der Waals surface area contributed by atoms with Gasteiger partial charge in [-0.05, 0) is 18.6 Å². The highest BCUT2D eigenvalue weighted by Gasteiger charge is 2.25. The molecule has 1 atom stereocenters. The molecule has 1 saturated heterocycles. The van der Waals surface area contributed by atoms with Crippen molar-refractivity contribution in [2.75, 3.05) is 18.0 Å². The highest BCUT2D eigenvalue weighted by molar-refractivity contribution is 5.94. The molecule has 23 heavy (non-hydrogen) atoms. The number of carbonyl (C=O) groups is 1. The Balaban J connectivity index is 1.68. The summed E-state index contributed by atoms with van der Waals surface area (Å²) in [5, 5.41) is 2.98. The number of aromatic amines is 1. The maximum atomic E-state index is 12.2. The largest absolute Gasteiger partial charge is 0.356 e. The molecule has 0 aliphatic carbocycles. The van der Waals surface area contributed by atoms with Crippen molar-refractivity contribution >= 4 is 11.7 Å². The smallest absolute Gasteiger partial charge is 0.329 e. The fourth-order valence-electron chi connectivity index (χ4n) is 2.67. The topological polar surface area (TPSA) is 87.2 Å². The summed E-state index contributed by atoms with van der Waals surface area (Å²) >= 11 is 0. The number of benzene rings is 1. The van der Waals surface area contributed by atoms with Gasteiger partial charge in [0, 0.05) is 37.8 Å². The molecular formula is C16H18N4O3. The Hall–Kier alpha value is -2.83. The standard InChI is InChI=1S/C16H18N4O3/c1-19-14(21)9-13(18-16(19)23)20-8-7-12(10-20)17-15(22)11-5-3-2-4-6-11/h2-6,9,12H,7-8,10H2,1H3,(H,17,22)(H,18,23). The van der Waals surface area contributed by atoms with E-state index in [1.807, 2.05) is 23.1 Å². The Kier molecular flexibility index (Phi) is 4.01. The number of hydrogen-bond donors (Lipinski definition) is 2. The van der Waals surface area contributed by atoms with E-state index in [1.54, 1.807) is 12.1 Å². The summed E-state index contributed by atoms with van der Waals surface area (Å²) in [6, 6.07) is 10.4. The van der Waals surface area contributed by atoms with Crippen LogP contribution in [0.3, 0.4) is 0 Å². The van der Waals surface area contributed by atoms with Gasteiger partial charge >= 0.3 is 5.69 Å². The Bertz CT molecular complexity index is 794. The van der Waals surface area contributed by atoms with Crippen molar-refractivity contribution in [1.82, 2.24) is 14.9 Å². The highest BCUT2D eigenvalue weighted by Crippen LogP contribution is 2.16. The number of aromatic nitrogens is 2. The van der Waals surface area contributed by atoms with Gasteiger partial charge in [0.2, 0.25) is 0 Å². The summed E-state index contributed by atoms with van der Waals surface area (Å²) in [7, 11) is 1.43. The second-order valence-electron chi connectivity index (χ2n) is 5.63. The number of rotatable bonds is 3. The number of anilines is 1. The molecular weight excluding hydrogens is 296 g/mol. The van der Waals surface area contributed by atoms with E-state index < -0.39 is 5.69 Å². The maximum Gasteiger partial charge on any atom is 0.329 e. The van der Waals surface area contributed by atoms with Gasteiger partial charge in [0.15, 0.2) is 0 Å². The van der Waals surface area contributed by atoms with Gasteiger partial charge in [0.05, 0.1) is 0 Å². The molecule has 1 unspecified atom stereocenters. The van der Waals surface area contributed by atoms with Crippen molar-refractivity contribution in [3.05, 3.63) is 62.8 Å². The minimum absolute atomic E-state index is 0.0183. The van der Waals surface area contributed by atoms with Crippen LogP contribution in [0.4, 0.5) is 5.82 Å². The first-order valence-electron chi connectivity index (χ1n) is 7.46. The second kappa shape index (κ2) is 6.12. The number of hydrogen-bond acceptors (Lipinski definition) is 4. The SMILES string of the molecule is Cn1c(=O)cc(N2CCC(NC(=O)c3ccccc3)C2)[nH]c1=O. The zero-order valence-electron chi connectivity index (χ0n) is 12.8. The Labute approximate surface area is 132 Å². The summed E-state index contributed by atoms with van der Waals surface area (Å²) < 4.78 is 1.02. The van der Waals surface area contributed by atoms with Crippen molar-refractivity contribution in [2.24, 2.45) is 7.05 Å². The zero-order chi connectivity index (χ0) is 16.4. The summed E-state index contributed by atoms with van der Waals surface area (Å²) in [5.74, 6) is 0.379. The van der Waals surface area contributed by atoms with Gasteiger partial charge in [-0.25, -0.2) is 4.79 Å². The quantitative estimate of drug-likeness (QED) is 0.840. The van der Waals surface area contributed by atoms with Crippen LogP contribution in [0.2, 0.25) is 0 Å². The third-order valence-electron chi connectivity index (χ3n) is 4.03. The predicted octanol–water partition coefficient (Wildman–Crippen LogP) is 0.0823. The van der Waals surface area contributed by atoms with Gasteiger partial charge in [0.25, 0.3) is 11.5 Å². The van der Waals surface area contributed by atoms with Crippen LogP contribution < -0.4 is 21.5 Å². The van der Waals surface area contributed by atoms with Gasteiger partial charge in [-0.1, -0.05) is 18.2 Å². The van der Waals surface area contributed by atoms with Crippen molar-refractivity contribution in [2.45, 2.75) is 12.5 Å². The molecule has 2 N–H and O–H groups in total. The van der Waals surface area contributed by atoms with E-state index in [1.165, 1.54) is 13.1 Å². The van der Waals surface area contributed by atoms with Crippen molar-refractivity contribution in [1.29, 1.82) is 0 Å². The maximum absolute atomic E-state index is 12.2. The van der Waals surface area contributed by atoms with E-state index in [2.05, 4.69) is 10.3 Å². The van der Waals surface area contributed by atoms with Crippen LogP contribution in [-0.4, -0.2) is 34.6 Å². The predicted molar refractivity (Wildman–Crippen MR) is 86.8 cm³/mol. The third-order valence-corrected chi connectivity index (χ3v) is 4.03. The van der Waals surface area contributed by atoms with E-state index in [-0.39, 0.29) is 17.5 Å². The van der Waals surface area contributed by atoms with E-state index in [9.17, 15) is 14.4 Å². The van der Waals surface area contributed by atoms with E-state index >= 15 is 0 Å². The molecule has 1 aliphatic rings. The van der Waals surface area contributed by atoms with Crippen LogP contribution >= 0.6 is 0 Å². The van der Waals surface area contributed by atoms with Crippen LogP contribution in [0.1, 0.15) is 16.8 Å². The Morgan fingerprint density at radius 2 is 2.00 bits per heavy atom. The molecule has 3 rings (SSSR count). The van der Waals surface area contributed by atoms with E-state index in [0.29, 0.717) is 24.5 Å². The van der Waals surface area contributed by atoms with Gasteiger partial charge in [-0.3, -0.25) is 19.1 Å². The first kappa shape index (κ1) is 15.1. The summed E-state index contributed by atoms with van der Waals surface area (Å²) in [6.07, 6.45) is 0.760. The minimum Gasteiger partial charge on any atom is -0.356 e. The van der Waals surface area contributed by atoms with Gasteiger partial charge < -0.3 is 10.2 Å². The van der Waals surface area contributed by atoms with Crippen molar-refractivity contribution < 1.29 is 4.79 Å². The lowest BCUT2D eigenvalue weighted by Crippen LogP contribution is -2.38. The number of H-pyrrole nitrogens is 1. The van der Waals surface area contributed by atoms with Gasteiger partial charge in [0.1, 0.15) is 5.82 Å². The minimum atomic E-state index is -0.440. The molecule has 0 saturated carbocycles. The number of carbonyl (C=O) groups excluding carboxylic acids is 1. The van der Waals surface area contributed by atoms with Crippen LogP contribution in [0.5, 0.6) is 0 Å². The van der Waals surface area contributed by atoms with E-state index in [4.69, 9.17) is 0 Å². The lowest BCUT2D eigenvalue weighted by Gasteiger charge is -2.18. The molecule has 0 radical (unpaired) electrons. The lowest BCUT2D eigenvalue weighted by atomic mass is 10.2.